The Hall–Kier alpha value is -1.35. The monoisotopic (exact) mass is 247 g/mol. The standard InChI is InChI=1S/C15H21NO2/c1-11(17)18-14-9-7-13(8-10-14)15(16)12-5-3-2-4-6-12/h7-10,12,15H,2-6,16H2,1H3/t15-/m0/s1. The maximum absolute atomic E-state index is 10.8. The van der Waals surface area contributed by atoms with Gasteiger partial charge in [-0.05, 0) is 36.5 Å². The molecule has 0 heterocycles. The first-order valence-electron chi connectivity index (χ1n) is 6.71. The van der Waals surface area contributed by atoms with Gasteiger partial charge in [0.05, 0.1) is 0 Å². The first-order valence-corrected chi connectivity index (χ1v) is 6.71. The molecule has 18 heavy (non-hydrogen) atoms. The van der Waals surface area contributed by atoms with Gasteiger partial charge in [-0.1, -0.05) is 31.4 Å². The van der Waals surface area contributed by atoms with E-state index in [0.717, 1.165) is 5.56 Å². The predicted octanol–water partition coefficient (Wildman–Crippen LogP) is 3.19. The van der Waals surface area contributed by atoms with E-state index in [2.05, 4.69) is 0 Å². The molecular formula is C15H21NO2. The minimum atomic E-state index is -0.292. The molecule has 1 saturated carbocycles. The summed E-state index contributed by atoms with van der Waals surface area (Å²) in [6.07, 6.45) is 6.39. The minimum absolute atomic E-state index is 0.108. The molecule has 1 fully saturated rings. The quantitative estimate of drug-likeness (QED) is 0.659. The Morgan fingerprint density at radius 1 is 1.22 bits per heavy atom. The van der Waals surface area contributed by atoms with Crippen LogP contribution in [0.15, 0.2) is 24.3 Å². The molecule has 1 aliphatic carbocycles. The van der Waals surface area contributed by atoms with E-state index in [1.807, 2.05) is 24.3 Å². The lowest BCUT2D eigenvalue weighted by Crippen LogP contribution is -2.23. The molecule has 0 radical (unpaired) electrons. The number of nitrogens with two attached hydrogens (primary N) is 1. The van der Waals surface area contributed by atoms with Crippen LogP contribution in [0.25, 0.3) is 0 Å². The summed E-state index contributed by atoms with van der Waals surface area (Å²) < 4.78 is 5.01. The molecule has 0 aliphatic heterocycles. The van der Waals surface area contributed by atoms with Gasteiger partial charge in [-0.3, -0.25) is 4.79 Å². The van der Waals surface area contributed by atoms with Gasteiger partial charge >= 0.3 is 5.97 Å². The van der Waals surface area contributed by atoms with Gasteiger partial charge in [0.1, 0.15) is 5.75 Å². The molecule has 98 valence electrons. The van der Waals surface area contributed by atoms with E-state index in [0.29, 0.717) is 11.7 Å². The Bertz CT molecular complexity index is 393. The molecule has 1 atom stereocenters. The van der Waals surface area contributed by atoms with E-state index in [9.17, 15) is 4.79 Å². The SMILES string of the molecule is CC(=O)Oc1ccc([C@@H](N)C2CCCCC2)cc1. The second kappa shape index (κ2) is 6.01. The Labute approximate surface area is 108 Å². The molecule has 1 aromatic carbocycles. The number of esters is 1. The molecule has 0 unspecified atom stereocenters. The lowest BCUT2D eigenvalue weighted by molar-refractivity contribution is -0.131. The molecule has 1 aliphatic rings. The number of hydrogen-bond acceptors (Lipinski definition) is 3. The predicted molar refractivity (Wildman–Crippen MR) is 71.3 cm³/mol. The Kier molecular flexibility index (Phi) is 4.37. The second-order valence-electron chi connectivity index (χ2n) is 5.09. The van der Waals surface area contributed by atoms with E-state index < -0.39 is 0 Å². The Morgan fingerprint density at radius 3 is 2.39 bits per heavy atom. The summed E-state index contributed by atoms with van der Waals surface area (Å²) in [5.41, 5.74) is 7.45. The van der Waals surface area contributed by atoms with Gasteiger partial charge in [-0.15, -0.1) is 0 Å². The van der Waals surface area contributed by atoms with Crippen LogP contribution < -0.4 is 10.5 Å². The topological polar surface area (TPSA) is 52.3 Å². The van der Waals surface area contributed by atoms with Gasteiger partial charge in [0.15, 0.2) is 0 Å². The largest absolute Gasteiger partial charge is 0.427 e. The highest BCUT2D eigenvalue weighted by Gasteiger charge is 2.21. The smallest absolute Gasteiger partial charge is 0.308 e. The number of carbonyl (C=O) groups is 1. The van der Waals surface area contributed by atoms with E-state index >= 15 is 0 Å². The van der Waals surface area contributed by atoms with Crippen molar-refractivity contribution in [3.05, 3.63) is 29.8 Å². The van der Waals surface area contributed by atoms with Crippen LogP contribution in [0.1, 0.15) is 50.6 Å². The molecular weight excluding hydrogens is 226 g/mol. The molecule has 1 aromatic rings. The molecule has 3 nitrogen and oxygen atoms in total. The molecule has 0 amide bonds. The molecule has 0 spiro atoms. The zero-order chi connectivity index (χ0) is 13.0. The van der Waals surface area contributed by atoms with Crippen molar-refractivity contribution in [1.82, 2.24) is 0 Å². The van der Waals surface area contributed by atoms with Crippen molar-refractivity contribution in [2.24, 2.45) is 11.7 Å². The van der Waals surface area contributed by atoms with Crippen molar-refractivity contribution in [2.45, 2.75) is 45.1 Å². The highest BCUT2D eigenvalue weighted by molar-refractivity contribution is 5.69. The van der Waals surface area contributed by atoms with Crippen LogP contribution in [0.2, 0.25) is 0 Å². The third-order valence-corrected chi connectivity index (χ3v) is 3.68. The van der Waals surface area contributed by atoms with Crippen molar-refractivity contribution < 1.29 is 9.53 Å². The van der Waals surface area contributed by atoms with Crippen molar-refractivity contribution in [3.63, 3.8) is 0 Å². The van der Waals surface area contributed by atoms with E-state index in [-0.39, 0.29) is 12.0 Å². The summed E-state index contributed by atoms with van der Waals surface area (Å²) in [5.74, 6) is 0.889. The molecule has 0 saturated heterocycles. The second-order valence-corrected chi connectivity index (χ2v) is 5.09. The summed E-state index contributed by atoms with van der Waals surface area (Å²) in [4.78, 5) is 10.8. The Balaban J connectivity index is 2.01. The number of carbonyl (C=O) groups excluding carboxylic acids is 1. The van der Waals surface area contributed by atoms with Crippen molar-refractivity contribution >= 4 is 5.97 Å². The number of hydrogen-bond donors (Lipinski definition) is 1. The molecule has 0 aromatic heterocycles. The maximum Gasteiger partial charge on any atom is 0.308 e. The summed E-state index contributed by atoms with van der Waals surface area (Å²) in [6.45, 7) is 1.40. The van der Waals surface area contributed by atoms with E-state index in [1.165, 1.54) is 39.0 Å². The number of ether oxygens (including phenoxy) is 1. The zero-order valence-corrected chi connectivity index (χ0v) is 10.9. The van der Waals surface area contributed by atoms with Gasteiger partial charge in [0, 0.05) is 13.0 Å². The van der Waals surface area contributed by atoms with Gasteiger partial charge < -0.3 is 10.5 Å². The Morgan fingerprint density at radius 2 is 1.83 bits per heavy atom. The summed E-state index contributed by atoms with van der Waals surface area (Å²) in [5, 5.41) is 0. The van der Waals surface area contributed by atoms with E-state index in [1.54, 1.807) is 0 Å². The van der Waals surface area contributed by atoms with Crippen molar-refractivity contribution in [2.75, 3.05) is 0 Å². The van der Waals surface area contributed by atoms with Crippen LogP contribution >= 0.6 is 0 Å². The third kappa shape index (κ3) is 3.33. The fourth-order valence-electron chi connectivity index (χ4n) is 2.69. The van der Waals surface area contributed by atoms with Crippen LogP contribution in [0.3, 0.4) is 0 Å². The fraction of sp³-hybridized carbons (Fsp3) is 0.533. The molecule has 2 N–H and O–H groups in total. The highest BCUT2D eigenvalue weighted by atomic mass is 16.5. The minimum Gasteiger partial charge on any atom is -0.427 e. The van der Waals surface area contributed by atoms with Gasteiger partial charge in [0.2, 0.25) is 0 Å². The van der Waals surface area contributed by atoms with Crippen LogP contribution in [-0.2, 0) is 4.79 Å². The van der Waals surface area contributed by atoms with Gasteiger partial charge in [0.25, 0.3) is 0 Å². The van der Waals surface area contributed by atoms with Crippen LogP contribution in [0.4, 0.5) is 0 Å². The highest BCUT2D eigenvalue weighted by Crippen LogP contribution is 2.33. The average Bonchev–Trinajstić information content (AvgIpc) is 2.39. The molecule has 2 rings (SSSR count). The zero-order valence-electron chi connectivity index (χ0n) is 10.9. The lowest BCUT2D eigenvalue weighted by Gasteiger charge is -2.27. The number of benzene rings is 1. The first kappa shape index (κ1) is 13.1. The van der Waals surface area contributed by atoms with Crippen molar-refractivity contribution in [1.29, 1.82) is 0 Å². The third-order valence-electron chi connectivity index (χ3n) is 3.68. The fourth-order valence-corrected chi connectivity index (χ4v) is 2.69. The normalized spacial score (nSPS) is 18.3. The average molecular weight is 247 g/mol. The summed E-state index contributed by atoms with van der Waals surface area (Å²) >= 11 is 0. The maximum atomic E-state index is 10.8. The molecule has 0 bridgehead atoms. The van der Waals surface area contributed by atoms with Gasteiger partial charge in [-0.25, -0.2) is 0 Å². The first-order chi connectivity index (χ1) is 8.66. The van der Waals surface area contributed by atoms with Crippen LogP contribution in [0.5, 0.6) is 5.75 Å². The van der Waals surface area contributed by atoms with Crippen LogP contribution in [0, 0.1) is 5.92 Å². The van der Waals surface area contributed by atoms with Gasteiger partial charge in [-0.2, -0.15) is 0 Å². The number of rotatable bonds is 3. The molecule has 3 heteroatoms. The van der Waals surface area contributed by atoms with Crippen LogP contribution in [-0.4, -0.2) is 5.97 Å². The van der Waals surface area contributed by atoms with Crippen molar-refractivity contribution in [3.8, 4) is 5.75 Å². The van der Waals surface area contributed by atoms with E-state index in [4.69, 9.17) is 10.5 Å². The lowest BCUT2D eigenvalue weighted by atomic mass is 9.81. The summed E-state index contributed by atoms with van der Waals surface area (Å²) in [6, 6.07) is 7.69. The summed E-state index contributed by atoms with van der Waals surface area (Å²) in [7, 11) is 0.